The Morgan fingerprint density at radius 2 is 1.92 bits per heavy atom. The van der Waals surface area contributed by atoms with E-state index in [1.54, 1.807) is 0 Å². The molecule has 1 aliphatic heterocycles. The molecule has 0 unspecified atom stereocenters. The standard InChI is InChI=1S/C21H33N3O/c1-16-8-6-9-19(18(16)3)22-21(25)15-23-11-13-24(14-12-23)20-10-5-4-7-17(20)2/h4-5,7,10,16,18-19H,6,8-9,11-15H2,1-3H3,(H,22,25)/p+1/t16-,18+,19+/m1/s1. The molecule has 3 rings (SSSR count). The third-order valence-corrected chi connectivity index (χ3v) is 6.39. The van der Waals surface area contributed by atoms with Crippen LogP contribution in [0.5, 0.6) is 0 Å². The maximum atomic E-state index is 12.5. The van der Waals surface area contributed by atoms with Gasteiger partial charge in [0.15, 0.2) is 6.54 Å². The fraction of sp³-hybridized carbons (Fsp3) is 0.667. The van der Waals surface area contributed by atoms with Crippen molar-refractivity contribution < 1.29 is 9.69 Å². The predicted molar refractivity (Wildman–Crippen MR) is 103 cm³/mol. The summed E-state index contributed by atoms with van der Waals surface area (Å²) in [5.74, 6) is 1.57. The van der Waals surface area contributed by atoms with Crippen LogP contribution in [-0.2, 0) is 4.79 Å². The lowest BCUT2D eigenvalue weighted by Crippen LogP contribution is -3.16. The normalized spacial score (nSPS) is 28.0. The summed E-state index contributed by atoms with van der Waals surface area (Å²) in [5.41, 5.74) is 2.68. The molecule has 25 heavy (non-hydrogen) atoms. The van der Waals surface area contributed by atoms with E-state index in [1.165, 1.54) is 29.0 Å². The van der Waals surface area contributed by atoms with Crippen LogP contribution in [0.2, 0.25) is 0 Å². The first-order valence-electron chi connectivity index (χ1n) is 9.98. The SMILES string of the molecule is Cc1ccccc1N1CC[NH+](CC(=O)N[C@H]2CCC[C@@H](C)[C@@H]2C)CC1. The molecule has 0 radical (unpaired) electrons. The van der Waals surface area contributed by atoms with Crippen LogP contribution in [0.25, 0.3) is 0 Å². The zero-order valence-electron chi connectivity index (χ0n) is 16.1. The van der Waals surface area contributed by atoms with E-state index in [2.05, 4.69) is 55.3 Å². The highest BCUT2D eigenvalue weighted by molar-refractivity contribution is 5.77. The van der Waals surface area contributed by atoms with Gasteiger partial charge in [-0.25, -0.2) is 0 Å². The zero-order chi connectivity index (χ0) is 17.8. The first kappa shape index (κ1) is 18.2. The molecule has 1 aliphatic carbocycles. The fourth-order valence-electron chi connectivity index (χ4n) is 4.43. The quantitative estimate of drug-likeness (QED) is 0.871. The Kier molecular flexibility index (Phi) is 6.00. The molecule has 1 aromatic rings. The molecule has 138 valence electrons. The van der Waals surface area contributed by atoms with E-state index in [4.69, 9.17) is 0 Å². The molecule has 0 spiro atoms. The number of amides is 1. The minimum Gasteiger partial charge on any atom is -0.360 e. The van der Waals surface area contributed by atoms with Gasteiger partial charge in [0.25, 0.3) is 5.91 Å². The number of quaternary nitrogens is 1. The van der Waals surface area contributed by atoms with Gasteiger partial charge in [0.05, 0.1) is 26.2 Å². The molecule has 2 N–H and O–H groups in total. The highest BCUT2D eigenvalue weighted by Gasteiger charge is 2.29. The molecule has 0 bridgehead atoms. The molecule has 2 aliphatic rings. The van der Waals surface area contributed by atoms with Crippen LogP contribution in [-0.4, -0.2) is 44.7 Å². The molecule has 1 amide bonds. The summed E-state index contributed by atoms with van der Waals surface area (Å²) in [5, 5.41) is 3.32. The second-order valence-electron chi connectivity index (χ2n) is 8.14. The summed E-state index contributed by atoms with van der Waals surface area (Å²) in [6, 6.07) is 8.97. The van der Waals surface area contributed by atoms with Crippen LogP contribution < -0.4 is 15.1 Å². The lowest BCUT2D eigenvalue weighted by molar-refractivity contribution is -0.892. The number of carbonyl (C=O) groups is 1. The third-order valence-electron chi connectivity index (χ3n) is 6.39. The third kappa shape index (κ3) is 4.55. The minimum absolute atomic E-state index is 0.241. The first-order valence-corrected chi connectivity index (χ1v) is 9.98. The van der Waals surface area contributed by atoms with Gasteiger partial charge in [-0.3, -0.25) is 4.79 Å². The molecule has 0 aromatic heterocycles. The van der Waals surface area contributed by atoms with E-state index in [-0.39, 0.29) is 5.91 Å². The van der Waals surface area contributed by atoms with Gasteiger partial charge in [-0.15, -0.1) is 0 Å². The molecule has 1 saturated carbocycles. The highest BCUT2D eigenvalue weighted by Crippen LogP contribution is 2.29. The topological polar surface area (TPSA) is 36.8 Å². The van der Waals surface area contributed by atoms with E-state index in [0.717, 1.165) is 38.5 Å². The molecule has 2 fully saturated rings. The Morgan fingerprint density at radius 3 is 2.64 bits per heavy atom. The minimum atomic E-state index is 0.241. The molecule has 4 nitrogen and oxygen atoms in total. The van der Waals surface area contributed by atoms with Gasteiger partial charge in [-0.1, -0.05) is 44.9 Å². The van der Waals surface area contributed by atoms with E-state index in [0.29, 0.717) is 18.5 Å². The second-order valence-corrected chi connectivity index (χ2v) is 8.14. The van der Waals surface area contributed by atoms with Gasteiger partial charge >= 0.3 is 0 Å². The van der Waals surface area contributed by atoms with Gasteiger partial charge in [-0.05, 0) is 36.8 Å². The van der Waals surface area contributed by atoms with Crippen LogP contribution in [0.15, 0.2) is 24.3 Å². The number of nitrogens with zero attached hydrogens (tertiary/aromatic N) is 1. The Hall–Kier alpha value is -1.55. The van der Waals surface area contributed by atoms with Crippen molar-refractivity contribution in [1.29, 1.82) is 0 Å². The predicted octanol–water partition coefficient (Wildman–Crippen LogP) is 1.64. The van der Waals surface area contributed by atoms with Gasteiger partial charge in [-0.2, -0.15) is 0 Å². The van der Waals surface area contributed by atoms with Gasteiger partial charge in [0.2, 0.25) is 0 Å². The Balaban J connectivity index is 1.46. The van der Waals surface area contributed by atoms with Gasteiger partial charge in [0, 0.05) is 11.7 Å². The largest absolute Gasteiger partial charge is 0.360 e. The molecular weight excluding hydrogens is 310 g/mol. The molecule has 1 heterocycles. The van der Waals surface area contributed by atoms with E-state index >= 15 is 0 Å². The summed E-state index contributed by atoms with van der Waals surface area (Å²) >= 11 is 0. The van der Waals surface area contributed by atoms with Crippen molar-refractivity contribution in [2.24, 2.45) is 11.8 Å². The van der Waals surface area contributed by atoms with Crippen molar-refractivity contribution in [1.82, 2.24) is 5.32 Å². The van der Waals surface area contributed by atoms with Gasteiger partial charge in [0.1, 0.15) is 0 Å². The van der Waals surface area contributed by atoms with Crippen molar-refractivity contribution in [3.05, 3.63) is 29.8 Å². The fourth-order valence-corrected chi connectivity index (χ4v) is 4.43. The maximum absolute atomic E-state index is 12.5. The summed E-state index contributed by atoms with van der Waals surface area (Å²) in [7, 11) is 0. The second kappa shape index (κ2) is 8.22. The number of para-hydroxylation sites is 1. The number of nitrogens with one attached hydrogen (secondary N) is 2. The van der Waals surface area contributed by atoms with E-state index in [1.807, 2.05) is 0 Å². The molecule has 4 heteroatoms. The van der Waals surface area contributed by atoms with E-state index < -0.39 is 0 Å². The zero-order valence-corrected chi connectivity index (χ0v) is 16.1. The monoisotopic (exact) mass is 344 g/mol. The number of piperazine rings is 1. The molecule has 1 saturated heterocycles. The average molecular weight is 345 g/mol. The van der Waals surface area contributed by atoms with Crippen LogP contribution in [0.3, 0.4) is 0 Å². The number of carbonyl (C=O) groups excluding carboxylic acids is 1. The number of hydrogen-bond donors (Lipinski definition) is 2. The number of benzene rings is 1. The van der Waals surface area contributed by atoms with Crippen molar-refractivity contribution in [2.45, 2.75) is 46.1 Å². The summed E-state index contributed by atoms with van der Waals surface area (Å²) in [6.07, 6.45) is 3.70. The Bertz CT molecular complexity index is 580. The van der Waals surface area contributed by atoms with Crippen LogP contribution in [0.4, 0.5) is 5.69 Å². The lowest BCUT2D eigenvalue weighted by Gasteiger charge is -2.36. The number of anilines is 1. The highest BCUT2D eigenvalue weighted by atomic mass is 16.2. The average Bonchev–Trinajstić information content (AvgIpc) is 2.60. The number of hydrogen-bond acceptors (Lipinski definition) is 2. The van der Waals surface area contributed by atoms with Crippen molar-refractivity contribution in [3.63, 3.8) is 0 Å². The van der Waals surface area contributed by atoms with Crippen molar-refractivity contribution >= 4 is 11.6 Å². The molecule has 1 aromatic carbocycles. The Labute approximate surface area is 152 Å². The van der Waals surface area contributed by atoms with E-state index in [9.17, 15) is 4.79 Å². The first-order chi connectivity index (χ1) is 12.0. The van der Waals surface area contributed by atoms with Gasteiger partial charge < -0.3 is 15.1 Å². The summed E-state index contributed by atoms with van der Waals surface area (Å²) in [6.45, 7) is 11.6. The maximum Gasteiger partial charge on any atom is 0.275 e. The summed E-state index contributed by atoms with van der Waals surface area (Å²) < 4.78 is 0. The smallest absolute Gasteiger partial charge is 0.275 e. The van der Waals surface area contributed by atoms with Crippen molar-refractivity contribution in [2.75, 3.05) is 37.6 Å². The van der Waals surface area contributed by atoms with Crippen molar-refractivity contribution in [3.8, 4) is 0 Å². The molecule has 3 atom stereocenters. The number of aryl methyl sites for hydroxylation is 1. The van der Waals surface area contributed by atoms with Crippen LogP contribution in [0, 0.1) is 18.8 Å². The lowest BCUT2D eigenvalue weighted by atomic mass is 9.78. The van der Waals surface area contributed by atoms with Crippen LogP contribution in [0.1, 0.15) is 38.7 Å². The molecular formula is C21H34N3O+. The van der Waals surface area contributed by atoms with Crippen LogP contribution >= 0.6 is 0 Å². The number of rotatable bonds is 4. The summed E-state index contributed by atoms with van der Waals surface area (Å²) in [4.78, 5) is 16.4. The Morgan fingerprint density at radius 1 is 1.20 bits per heavy atom.